The molecular formula is C8H11NO5. The Labute approximate surface area is 80.7 Å². The van der Waals surface area contributed by atoms with Crippen LogP contribution < -0.4 is 0 Å². The highest BCUT2D eigenvalue weighted by Gasteiger charge is 2.77. The van der Waals surface area contributed by atoms with Crippen molar-refractivity contribution < 1.29 is 23.9 Å². The molecule has 0 spiro atoms. The summed E-state index contributed by atoms with van der Waals surface area (Å²) < 4.78 is 9.98. The highest BCUT2D eigenvalue weighted by atomic mass is 16.7. The molecule has 2 fully saturated rings. The summed E-state index contributed by atoms with van der Waals surface area (Å²) in [4.78, 5) is 27.7. The van der Waals surface area contributed by atoms with E-state index in [0.717, 1.165) is 5.06 Å². The number of likely N-dealkylation sites (N-methyl/N-ethyl adjacent to an activating group) is 1. The van der Waals surface area contributed by atoms with Crippen LogP contribution in [-0.4, -0.2) is 48.9 Å². The normalized spacial score (nSPS) is 38.9. The summed E-state index contributed by atoms with van der Waals surface area (Å²) in [6, 6.07) is 0. The number of hydrogen-bond acceptors (Lipinski definition) is 5. The van der Waals surface area contributed by atoms with Crippen molar-refractivity contribution in [2.24, 2.45) is 0 Å². The van der Waals surface area contributed by atoms with E-state index in [9.17, 15) is 9.59 Å². The first-order valence-electron chi connectivity index (χ1n) is 4.25. The second-order valence-electron chi connectivity index (χ2n) is 3.37. The van der Waals surface area contributed by atoms with Crippen LogP contribution in [0.25, 0.3) is 0 Å². The molecule has 2 aliphatic heterocycles. The van der Waals surface area contributed by atoms with Gasteiger partial charge in [0, 0.05) is 7.05 Å². The summed E-state index contributed by atoms with van der Waals surface area (Å²) in [5, 5.41) is 0.972. The first-order valence-corrected chi connectivity index (χ1v) is 4.25. The van der Waals surface area contributed by atoms with Crippen LogP contribution in [0.4, 0.5) is 0 Å². The Morgan fingerprint density at radius 1 is 1.64 bits per heavy atom. The van der Waals surface area contributed by atoms with Crippen LogP contribution >= 0.6 is 0 Å². The molecule has 0 saturated carbocycles. The van der Waals surface area contributed by atoms with Crippen molar-refractivity contribution in [2.45, 2.75) is 24.7 Å². The number of carbonyl (C=O) groups excluding carboxylic acids is 2. The molecule has 1 amide bonds. The number of ether oxygens (including phenoxy) is 2. The van der Waals surface area contributed by atoms with Crippen molar-refractivity contribution in [2.75, 3.05) is 14.2 Å². The van der Waals surface area contributed by atoms with Gasteiger partial charge in [-0.15, -0.1) is 0 Å². The van der Waals surface area contributed by atoms with Crippen molar-refractivity contribution >= 4 is 11.9 Å². The lowest BCUT2D eigenvalue weighted by Gasteiger charge is -2.15. The molecule has 6 nitrogen and oxygen atoms in total. The molecule has 2 saturated heterocycles. The van der Waals surface area contributed by atoms with E-state index in [1.54, 1.807) is 6.92 Å². The number of cyclic esters (lactones) is 1. The number of rotatable bonds is 2. The maximum atomic E-state index is 11.7. The van der Waals surface area contributed by atoms with E-state index >= 15 is 0 Å². The molecule has 6 heteroatoms. The zero-order valence-corrected chi connectivity index (χ0v) is 8.14. The average Bonchev–Trinajstić information content (AvgIpc) is 2.86. The molecule has 0 bridgehead atoms. The Kier molecular flexibility index (Phi) is 1.80. The molecule has 78 valence electrons. The van der Waals surface area contributed by atoms with Crippen LogP contribution in [0.2, 0.25) is 0 Å². The zero-order valence-electron chi connectivity index (χ0n) is 8.14. The minimum atomic E-state index is -1.43. The van der Waals surface area contributed by atoms with Gasteiger partial charge in [-0.05, 0) is 6.92 Å². The smallest absolute Gasteiger partial charge is 0.351 e. The maximum Gasteiger partial charge on any atom is 0.351 e. The number of hydroxylamine groups is 2. The number of epoxide rings is 1. The van der Waals surface area contributed by atoms with Gasteiger partial charge >= 0.3 is 5.97 Å². The van der Waals surface area contributed by atoms with E-state index in [2.05, 4.69) is 0 Å². The summed E-state index contributed by atoms with van der Waals surface area (Å²) in [7, 11) is 2.77. The lowest BCUT2D eigenvalue weighted by atomic mass is 10.0. The first-order chi connectivity index (χ1) is 6.54. The third kappa shape index (κ3) is 0.921. The van der Waals surface area contributed by atoms with Crippen molar-refractivity contribution in [3.8, 4) is 0 Å². The molecular weight excluding hydrogens is 190 g/mol. The number of nitrogens with zero attached hydrogens (tertiary/aromatic N) is 1. The monoisotopic (exact) mass is 201 g/mol. The summed E-state index contributed by atoms with van der Waals surface area (Å²) >= 11 is 0. The molecule has 14 heavy (non-hydrogen) atoms. The Morgan fingerprint density at radius 2 is 2.29 bits per heavy atom. The molecule has 0 N–H and O–H groups in total. The zero-order chi connectivity index (χ0) is 10.5. The summed E-state index contributed by atoms with van der Waals surface area (Å²) in [6.07, 6.45) is -0.822. The molecule has 3 unspecified atom stereocenters. The molecule has 0 radical (unpaired) electrons. The highest BCUT2D eigenvalue weighted by Crippen LogP contribution is 2.47. The van der Waals surface area contributed by atoms with Gasteiger partial charge in [-0.1, -0.05) is 0 Å². The van der Waals surface area contributed by atoms with Gasteiger partial charge < -0.3 is 9.47 Å². The van der Waals surface area contributed by atoms with E-state index < -0.39 is 23.6 Å². The Hall–Kier alpha value is -1.14. The summed E-state index contributed by atoms with van der Waals surface area (Å²) in [6.45, 7) is 1.69. The third-order valence-corrected chi connectivity index (χ3v) is 2.56. The standard InChI is InChI=1S/C8H11NO5/c1-4-5-8(14-5,7(11)13-4)6(10)9(2)12-3/h4-5H,1-3H3. The topological polar surface area (TPSA) is 68.4 Å². The molecule has 0 aliphatic carbocycles. The predicted octanol–water partition coefficient (Wildman–Crippen LogP) is -0.911. The van der Waals surface area contributed by atoms with E-state index in [0.29, 0.717) is 0 Å². The fourth-order valence-corrected chi connectivity index (χ4v) is 1.65. The van der Waals surface area contributed by atoms with Crippen LogP contribution in [0.1, 0.15) is 6.92 Å². The van der Waals surface area contributed by atoms with Crippen LogP contribution in [0.15, 0.2) is 0 Å². The van der Waals surface area contributed by atoms with Crippen molar-refractivity contribution in [3.05, 3.63) is 0 Å². The second-order valence-corrected chi connectivity index (χ2v) is 3.37. The van der Waals surface area contributed by atoms with Gasteiger partial charge in [0.15, 0.2) is 0 Å². The molecule has 2 heterocycles. The third-order valence-electron chi connectivity index (χ3n) is 2.56. The van der Waals surface area contributed by atoms with Crippen LogP contribution in [0, 0.1) is 0 Å². The predicted molar refractivity (Wildman–Crippen MR) is 42.9 cm³/mol. The summed E-state index contributed by atoms with van der Waals surface area (Å²) in [5.41, 5.74) is -1.43. The van der Waals surface area contributed by atoms with Gasteiger partial charge in [0.1, 0.15) is 12.2 Å². The van der Waals surface area contributed by atoms with E-state index in [4.69, 9.17) is 14.3 Å². The van der Waals surface area contributed by atoms with Crippen molar-refractivity contribution in [3.63, 3.8) is 0 Å². The van der Waals surface area contributed by atoms with Gasteiger partial charge in [0.05, 0.1) is 7.11 Å². The number of fused-ring (bicyclic) bond motifs is 1. The fourth-order valence-electron chi connectivity index (χ4n) is 1.65. The SMILES string of the molecule is CON(C)C(=O)C12OC1C(C)OC2=O. The lowest BCUT2D eigenvalue weighted by molar-refractivity contribution is -0.180. The minimum Gasteiger partial charge on any atom is -0.457 e. The van der Waals surface area contributed by atoms with Gasteiger partial charge in [0.25, 0.3) is 11.5 Å². The first kappa shape index (κ1) is 9.42. The molecule has 0 aromatic rings. The number of carbonyl (C=O) groups is 2. The molecule has 0 aromatic carbocycles. The molecule has 3 atom stereocenters. The van der Waals surface area contributed by atoms with Gasteiger partial charge in [-0.2, -0.15) is 0 Å². The summed E-state index contributed by atoms with van der Waals surface area (Å²) in [5.74, 6) is -1.14. The lowest BCUT2D eigenvalue weighted by Crippen LogP contribution is -2.43. The van der Waals surface area contributed by atoms with Crippen molar-refractivity contribution in [1.29, 1.82) is 0 Å². The van der Waals surface area contributed by atoms with E-state index in [-0.39, 0.29) is 6.10 Å². The van der Waals surface area contributed by atoms with E-state index in [1.165, 1.54) is 14.2 Å². The Bertz CT molecular complexity index is 304. The van der Waals surface area contributed by atoms with Crippen LogP contribution in [-0.2, 0) is 23.9 Å². The Balaban J connectivity index is 2.20. The number of esters is 1. The second kappa shape index (κ2) is 2.68. The van der Waals surface area contributed by atoms with Gasteiger partial charge in [-0.25, -0.2) is 9.86 Å². The average molecular weight is 201 g/mol. The molecule has 2 rings (SSSR count). The quantitative estimate of drug-likeness (QED) is 0.250. The minimum absolute atomic E-state index is 0.364. The van der Waals surface area contributed by atoms with Crippen LogP contribution in [0.3, 0.4) is 0 Å². The highest BCUT2D eigenvalue weighted by molar-refractivity contribution is 6.11. The maximum absolute atomic E-state index is 11.7. The van der Waals surface area contributed by atoms with Crippen molar-refractivity contribution in [1.82, 2.24) is 5.06 Å². The largest absolute Gasteiger partial charge is 0.457 e. The van der Waals surface area contributed by atoms with Gasteiger partial charge in [0.2, 0.25) is 0 Å². The molecule has 0 aromatic heterocycles. The number of amides is 1. The molecule has 2 aliphatic rings. The van der Waals surface area contributed by atoms with Gasteiger partial charge in [-0.3, -0.25) is 9.63 Å². The fraction of sp³-hybridized carbons (Fsp3) is 0.750. The van der Waals surface area contributed by atoms with E-state index in [1.807, 2.05) is 0 Å². The number of hydrogen-bond donors (Lipinski definition) is 0. The van der Waals surface area contributed by atoms with Crippen LogP contribution in [0.5, 0.6) is 0 Å². The Morgan fingerprint density at radius 3 is 2.64 bits per heavy atom.